The number of pyridine rings is 1. The minimum Gasteiger partial charge on any atom is -0.455 e. The topological polar surface area (TPSA) is 48.1 Å². The molecule has 1 heterocycles. The van der Waals surface area contributed by atoms with Crippen LogP contribution >= 0.6 is 28.1 Å². The van der Waals surface area contributed by atoms with Gasteiger partial charge >= 0.3 is 0 Å². The lowest BCUT2D eigenvalue weighted by atomic mass is 10.2. The van der Waals surface area contributed by atoms with Crippen LogP contribution in [0.5, 0.6) is 11.5 Å². The summed E-state index contributed by atoms with van der Waals surface area (Å²) in [4.78, 5) is 4.40. The first kappa shape index (κ1) is 13.0. The predicted octanol–water partition coefficient (Wildman–Crippen LogP) is 3.58. The molecule has 0 aliphatic carbocycles. The largest absolute Gasteiger partial charge is 0.455 e. The van der Waals surface area contributed by atoms with Crippen LogP contribution in [0.15, 0.2) is 41.0 Å². The highest BCUT2D eigenvalue weighted by atomic mass is 79.9. The fourth-order valence-corrected chi connectivity index (χ4v) is 2.04. The molecule has 0 saturated heterocycles. The molecular formula is C13H11BrN2OS. The summed E-state index contributed by atoms with van der Waals surface area (Å²) in [7, 11) is 0. The van der Waals surface area contributed by atoms with E-state index in [9.17, 15) is 0 Å². The Hall–Kier alpha value is -1.46. The lowest BCUT2D eigenvalue weighted by molar-refractivity contribution is 0.476. The van der Waals surface area contributed by atoms with Crippen LogP contribution in [0, 0.1) is 6.92 Å². The molecule has 1 aromatic heterocycles. The van der Waals surface area contributed by atoms with Crippen molar-refractivity contribution in [2.45, 2.75) is 6.92 Å². The number of thiocarbonyl (C=S) groups is 1. The van der Waals surface area contributed by atoms with Crippen molar-refractivity contribution in [1.82, 2.24) is 4.98 Å². The van der Waals surface area contributed by atoms with E-state index in [4.69, 9.17) is 22.7 Å². The summed E-state index contributed by atoms with van der Waals surface area (Å²) in [6, 6.07) is 9.36. The van der Waals surface area contributed by atoms with E-state index in [-0.39, 0.29) is 4.99 Å². The maximum Gasteiger partial charge on any atom is 0.145 e. The highest BCUT2D eigenvalue weighted by molar-refractivity contribution is 9.10. The van der Waals surface area contributed by atoms with Gasteiger partial charge in [0.1, 0.15) is 16.5 Å². The fourth-order valence-electron chi connectivity index (χ4n) is 1.44. The van der Waals surface area contributed by atoms with Gasteiger partial charge in [0.2, 0.25) is 0 Å². The number of halogens is 1. The standard InChI is InChI=1S/C13H11BrN2OS/c1-8-6-9(14)2-5-12(8)17-10-3-4-11(13(15)18)16-7-10/h2-7H,1H3,(H2,15,18). The molecule has 3 nitrogen and oxygen atoms in total. The van der Waals surface area contributed by atoms with E-state index in [1.54, 1.807) is 18.3 Å². The summed E-state index contributed by atoms with van der Waals surface area (Å²) in [5.41, 5.74) is 7.11. The van der Waals surface area contributed by atoms with Gasteiger partial charge in [0, 0.05) is 4.47 Å². The number of aryl methyl sites for hydroxylation is 1. The van der Waals surface area contributed by atoms with Crippen molar-refractivity contribution >= 4 is 33.1 Å². The smallest absolute Gasteiger partial charge is 0.145 e. The Kier molecular flexibility index (Phi) is 3.93. The first-order chi connectivity index (χ1) is 8.56. The van der Waals surface area contributed by atoms with Gasteiger partial charge in [0.05, 0.1) is 11.9 Å². The van der Waals surface area contributed by atoms with Crippen molar-refractivity contribution in [3.8, 4) is 11.5 Å². The minimum absolute atomic E-state index is 0.279. The SMILES string of the molecule is Cc1cc(Br)ccc1Oc1ccc(C(N)=S)nc1. The van der Waals surface area contributed by atoms with Gasteiger partial charge in [-0.25, -0.2) is 4.98 Å². The Morgan fingerprint density at radius 1 is 1.33 bits per heavy atom. The Bertz CT molecular complexity index is 584. The van der Waals surface area contributed by atoms with Crippen LogP contribution in [0.2, 0.25) is 0 Å². The van der Waals surface area contributed by atoms with Crippen LogP contribution in [0.25, 0.3) is 0 Å². The summed E-state index contributed by atoms with van der Waals surface area (Å²) >= 11 is 8.25. The van der Waals surface area contributed by atoms with Crippen LogP contribution in [0.4, 0.5) is 0 Å². The normalized spacial score (nSPS) is 10.1. The monoisotopic (exact) mass is 322 g/mol. The quantitative estimate of drug-likeness (QED) is 0.877. The maximum absolute atomic E-state index is 5.73. The van der Waals surface area contributed by atoms with Gasteiger partial charge in [-0.3, -0.25) is 0 Å². The molecule has 0 aliphatic rings. The summed E-state index contributed by atoms with van der Waals surface area (Å²) in [6.45, 7) is 1.98. The first-order valence-corrected chi connectivity index (χ1v) is 6.46. The number of hydrogen-bond acceptors (Lipinski definition) is 3. The first-order valence-electron chi connectivity index (χ1n) is 5.26. The van der Waals surface area contributed by atoms with E-state index in [1.807, 2.05) is 25.1 Å². The number of nitrogens with zero attached hydrogens (tertiary/aromatic N) is 1. The van der Waals surface area contributed by atoms with Gasteiger partial charge in [0.15, 0.2) is 0 Å². The van der Waals surface area contributed by atoms with Gasteiger partial charge in [-0.05, 0) is 42.8 Å². The lowest BCUT2D eigenvalue weighted by Gasteiger charge is -2.09. The van der Waals surface area contributed by atoms with Crippen LogP contribution in [-0.4, -0.2) is 9.97 Å². The van der Waals surface area contributed by atoms with Crippen molar-refractivity contribution in [3.05, 3.63) is 52.3 Å². The van der Waals surface area contributed by atoms with E-state index in [1.165, 1.54) is 0 Å². The van der Waals surface area contributed by atoms with Crippen molar-refractivity contribution in [2.75, 3.05) is 0 Å². The Balaban J connectivity index is 2.21. The van der Waals surface area contributed by atoms with Crippen LogP contribution in [0.3, 0.4) is 0 Å². The van der Waals surface area contributed by atoms with Gasteiger partial charge < -0.3 is 10.5 Å². The molecule has 0 bridgehead atoms. The molecule has 0 atom stereocenters. The van der Waals surface area contributed by atoms with Crippen molar-refractivity contribution < 1.29 is 4.74 Å². The minimum atomic E-state index is 0.279. The molecule has 0 fully saturated rings. The van der Waals surface area contributed by atoms with Gasteiger partial charge in [0.25, 0.3) is 0 Å². The molecule has 18 heavy (non-hydrogen) atoms. The zero-order valence-corrected chi connectivity index (χ0v) is 12.1. The third-order valence-corrected chi connectivity index (χ3v) is 3.06. The summed E-state index contributed by atoms with van der Waals surface area (Å²) in [5, 5.41) is 0. The number of aromatic nitrogens is 1. The third-order valence-electron chi connectivity index (χ3n) is 2.35. The molecule has 0 spiro atoms. The molecule has 0 radical (unpaired) electrons. The molecule has 2 rings (SSSR count). The zero-order valence-electron chi connectivity index (χ0n) is 9.68. The Morgan fingerprint density at radius 3 is 2.67 bits per heavy atom. The van der Waals surface area contributed by atoms with Gasteiger partial charge in [-0.1, -0.05) is 28.1 Å². The second kappa shape index (κ2) is 5.46. The molecule has 0 unspecified atom stereocenters. The second-order valence-electron chi connectivity index (χ2n) is 3.76. The number of ether oxygens (including phenoxy) is 1. The van der Waals surface area contributed by atoms with Gasteiger partial charge in [-0.2, -0.15) is 0 Å². The van der Waals surface area contributed by atoms with Crippen LogP contribution in [-0.2, 0) is 0 Å². The fraction of sp³-hybridized carbons (Fsp3) is 0.0769. The number of benzene rings is 1. The molecule has 92 valence electrons. The second-order valence-corrected chi connectivity index (χ2v) is 5.11. The van der Waals surface area contributed by atoms with E-state index >= 15 is 0 Å². The third kappa shape index (κ3) is 3.05. The molecule has 1 aromatic carbocycles. The van der Waals surface area contributed by atoms with Gasteiger partial charge in [-0.15, -0.1) is 0 Å². The molecule has 2 N–H and O–H groups in total. The van der Waals surface area contributed by atoms with Crippen molar-refractivity contribution in [2.24, 2.45) is 5.73 Å². The van der Waals surface area contributed by atoms with Crippen LogP contribution < -0.4 is 10.5 Å². The van der Waals surface area contributed by atoms with Crippen molar-refractivity contribution in [3.63, 3.8) is 0 Å². The number of rotatable bonds is 3. The molecule has 0 amide bonds. The molecule has 2 aromatic rings. The summed E-state index contributed by atoms with van der Waals surface area (Å²) in [6.07, 6.45) is 1.61. The lowest BCUT2D eigenvalue weighted by Crippen LogP contribution is -2.10. The highest BCUT2D eigenvalue weighted by Gasteiger charge is 2.03. The highest BCUT2D eigenvalue weighted by Crippen LogP contribution is 2.26. The van der Waals surface area contributed by atoms with Crippen molar-refractivity contribution in [1.29, 1.82) is 0 Å². The zero-order chi connectivity index (χ0) is 13.1. The number of nitrogens with two attached hydrogens (primary N) is 1. The average Bonchev–Trinajstić information content (AvgIpc) is 2.33. The Morgan fingerprint density at radius 2 is 2.11 bits per heavy atom. The summed E-state index contributed by atoms with van der Waals surface area (Å²) in [5.74, 6) is 1.45. The van der Waals surface area contributed by atoms with E-state index in [0.717, 1.165) is 15.8 Å². The molecule has 5 heteroatoms. The Labute approximate surface area is 119 Å². The maximum atomic E-state index is 5.73. The van der Waals surface area contributed by atoms with E-state index in [2.05, 4.69) is 20.9 Å². The average molecular weight is 323 g/mol. The van der Waals surface area contributed by atoms with E-state index < -0.39 is 0 Å². The number of hydrogen-bond donors (Lipinski definition) is 1. The summed E-state index contributed by atoms with van der Waals surface area (Å²) < 4.78 is 6.75. The molecular weight excluding hydrogens is 312 g/mol. The predicted molar refractivity (Wildman–Crippen MR) is 79.1 cm³/mol. The van der Waals surface area contributed by atoms with Crippen LogP contribution in [0.1, 0.15) is 11.3 Å². The molecule has 0 aliphatic heterocycles. The van der Waals surface area contributed by atoms with E-state index in [0.29, 0.717) is 11.4 Å². The molecule has 0 saturated carbocycles.